The lowest BCUT2D eigenvalue weighted by Crippen LogP contribution is -2.12. The molecule has 2 aromatic rings. The maximum atomic E-state index is 12.0. The summed E-state index contributed by atoms with van der Waals surface area (Å²) >= 11 is 0. The fourth-order valence-corrected chi connectivity index (χ4v) is 2.47. The molecule has 7 nitrogen and oxygen atoms in total. The van der Waals surface area contributed by atoms with Gasteiger partial charge >= 0.3 is 0 Å². The average molecular weight is 282 g/mol. The minimum absolute atomic E-state index is 0.0376. The van der Waals surface area contributed by atoms with Crippen molar-refractivity contribution in [1.82, 2.24) is 14.8 Å². The highest BCUT2D eigenvalue weighted by molar-refractivity contribution is 7.92. The van der Waals surface area contributed by atoms with E-state index in [9.17, 15) is 8.42 Å². The summed E-state index contributed by atoms with van der Waals surface area (Å²) in [6.45, 7) is 0.509. The molecule has 2 heterocycles. The molecule has 0 unspecified atom stereocenters. The van der Waals surface area contributed by atoms with Crippen molar-refractivity contribution < 1.29 is 13.5 Å². The topological polar surface area (TPSA) is 97.1 Å². The molecule has 0 fully saturated rings. The molecule has 2 aromatic heterocycles. The molecule has 8 heteroatoms. The van der Waals surface area contributed by atoms with Gasteiger partial charge in [-0.2, -0.15) is 5.10 Å². The first-order valence-electron chi connectivity index (χ1n) is 5.68. The fraction of sp³-hybridized carbons (Fsp3) is 0.273. The Balaban J connectivity index is 2.13. The third-order valence-corrected chi connectivity index (χ3v) is 3.71. The number of nitrogens with one attached hydrogen (secondary N) is 1. The highest BCUT2D eigenvalue weighted by Gasteiger charge is 2.16. The second-order valence-electron chi connectivity index (χ2n) is 3.86. The lowest BCUT2D eigenvalue weighted by atomic mass is 10.4. The van der Waals surface area contributed by atoms with Crippen LogP contribution in [0.25, 0.3) is 0 Å². The maximum absolute atomic E-state index is 12.0. The second-order valence-corrected chi connectivity index (χ2v) is 5.55. The standard InChI is InChI=1S/C11H14N4O3S/c16-6-2-5-15-9-11(8-13-15)19(17,18)14-10-3-1-4-12-7-10/h1,3-4,7-9,14,16H,2,5-6H2. The number of anilines is 1. The molecule has 0 aliphatic rings. The Bertz CT molecular complexity index is 624. The Morgan fingerprint density at radius 1 is 1.37 bits per heavy atom. The van der Waals surface area contributed by atoms with E-state index in [4.69, 9.17) is 5.11 Å². The van der Waals surface area contributed by atoms with Crippen LogP contribution in [-0.4, -0.2) is 34.9 Å². The van der Waals surface area contributed by atoms with Gasteiger partial charge in [0.25, 0.3) is 10.0 Å². The molecular formula is C11H14N4O3S. The number of rotatable bonds is 6. The molecule has 0 amide bonds. The van der Waals surface area contributed by atoms with E-state index in [-0.39, 0.29) is 11.5 Å². The van der Waals surface area contributed by atoms with Crippen molar-refractivity contribution in [3.8, 4) is 0 Å². The van der Waals surface area contributed by atoms with Crippen molar-refractivity contribution in [3.63, 3.8) is 0 Å². The Labute approximate surface area is 111 Å². The van der Waals surface area contributed by atoms with Gasteiger partial charge in [0.05, 0.1) is 18.1 Å². The van der Waals surface area contributed by atoms with E-state index in [0.29, 0.717) is 18.7 Å². The van der Waals surface area contributed by atoms with Gasteiger partial charge in [-0.1, -0.05) is 0 Å². The first kappa shape index (κ1) is 13.5. The lowest BCUT2D eigenvalue weighted by Gasteiger charge is -2.04. The second kappa shape index (κ2) is 5.81. The van der Waals surface area contributed by atoms with Crippen LogP contribution in [0.2, 0.25) is 0 Å². The maximum Gasteiger partial charge on any atom is 0.265 e. The molecule has 0 aliphatic heterocycles. The molecule has 2 N–H and O–H groups in total. The summed E-state index contributed by atoms with van der Waals surface area (Å²) in [6.07, 6.45) is 6.21. The molecule has 0 aromatic carbocycles. The number of aromatic nitrogens is 3. The smallest absolute Gasteiger partial charge is 0.265 e. The van der Waals surface area contributed by atoms with Crippen LogP contribution in [0.15, 0.2) is 41.8 Å². The molecule has 0 radical (unpaired) electrons. The molecule has 0 aliphatic carbocycles. The summed E-state index contributed by atoms with van der Waals surface area (Å²) in [4.78, 5) is 3.91. The number of hydrogen-bond donors (Lipinski definition) is 2. The fourth-order valence-electron chi connectivity index (χ4n) is 1.48. The van der Waals surface area contributed by atoms with Crippen LogP contribution in [0.4, 0.5) is 5.69 Å². The van der Waals surface area contributed by atoms with Crippen molar-refractivity contribution in [2.24, 2.45) is 0 Å². The Morgan fingerprint density at radius 3 is 2.89 bits per heavy atom. The van der Waals surface area contributed by atoms with Crippen molar-refractivity contribution in [2.75, 3.05) is 11.3 Å². The summed E-state index contributed by atoms with van der Waals surface area (Å²) in [6, 6.07) is 3.25. The number of aryl methyl sites for hydroxylation is 1. The van der Waals surface area contributed by atoms with Crippen LogP contribution in [-0.2, 0) is 16.6 Å². The Hall–Kier alpha value is -1.93. The Kier molecular flexibility index (Phi) is 4.13. The first-order valence-corrected chi connectivity index (χ1v) is 7.16. The van der Waals surface area contributed by atoms with Crippen LogP contribution in [0.1, 0.15) is 6.42 Å². The SMILES string of the molecule is O=S(=O)(Nc1cccnc1)c1cnn(CCCO)c1. The zero-order valence-corrected chi connectivity index (χ0v) is 10.9. The number of aliphatic hydroxyl groups is 1. The minimum Gasteiger partial charge on any atom is -0.396 e. The van der Waals surface area contributed by atoms with Gasteiger partial charge in [-0.15, -0.1) is 0 Å². The third kappa shape index (κ3) is 3.52. The first-order chi connectivity index (χ1) is 9.12. The Morgan fingerprint density at radius 2 is 2.21 bits per heavy atom. The van der Waals surface area contributed by atoms with E-state index in [0.717, 1.165) is 0 Å². The van der Waals surface area contributed by atoms with Gasteiger partial charge in [0.15, 0.2) is 0 Å². The van der Waals surface area contributed by atoms with Gasteiger partial charge in [-0.3, -0.25) is 14.4 Å². The molecule has 0 bridgehead atoms. The van der Waals surface area contributed by atoms with E-state index in [1.54, 1.807) is 18.3 Å². The van der Waals surface area contributed by atoms with E-state index in [2.05, 4.69) is 14.8 Å². The van der Waals surface area contributed by atoms with Crippen molar-refractivity contribution >= 4 is 15.7 Å². The zero-order valence-electron chi connectivity index (χ0n) is 10.1. The predicted molar refractivity (Wildman–Crippen MR) is 69.0 cm³/mol. The quantitative estimate of drug-likeness (QED) is 0.802. The van der Waals surface area contributed by atoms with Gasteiger partial charge in [0.2, 0.25) is 0 Å². The number of sulfonamides is 1. The van der Waals surface area contributed by atoms with Crippen LogP contribution in [0, 0.1) is 0 Å². The van der Waals surface area contributed by atoms with Gasteiger partial charge in [0.1, 0.15) is 4.90 Å². The van der Waals surface area contributed by atoms with Crippen LogP contribution in [0.3, 0.4) is 0 Å². The summed E-state index contributed by atoms with van der Waals surface area (Å²) in [5.41, 5.74) is 0.394. The molecule has 0 saturated carbocycles. The van der Waals surface area contributed by atoms with Gasteiger partial charge < -0.3 is 5.11 Å². The van der Waals surface area contributed by atoms with E-state index in [1.165, 1.54) is 23.3 Å². The molecule has 0 saturated heterocycles. The van der Waals surface area contributed by atoms with E-state index >= 15 is 0 Å². The molecule has 0 spiro atoms. The highest BCUT2D eigenvalue weighted by atomic mass is 32.2. The van der Waals surface area contributed by atoms with Crippen LogP contribution >= 0.6 is 0 Å². The predicted octanol–water partition coefficient (Wildman–Crippen LogP) is 0.461. The largest absolute Gasteiger partial charge is 0.396 e. The number of pyridine rings is 1. The molecule has 2 rings (SSSR count). The highest BCUT2D eigenvalue weighted by Crippen LogP contribution is 2.14. The number of aliphatic hydroxyl groups excluding tert-OH is 1. The summed E-state index contributed by atoms with van der Waals surface area (Å²) < 4.78 is 28.0. The summed E-state index contributed by atoms with van der Waals surface area (Å²) in [5, 5.41) is 12.6. The minimum atomic E-state index is -3.65. The number of nitrogens with zero attached hydrogens (tertiary/aromatic N) is 3. The van der Waals surface area contributed by atoms with Gasteiger partial charge in [-0.25, -0.2) is 8.42 Å². The summed E-state index contributed by atoms with van der Waals surface area (Å²) in [7, 11) is -3.65. The number of hydrogen-bond acceptors (Lipinski definition) is 5. The molecule has 0 atom stereocenters. The average Bonchev–Trinajstić information content (AvgIpc) is 2.86. The molecular weight excluding hydrogens is 268 g/mol. The van der Waals surface area contributed by atoms with Gasteiger partial charge in [0, 0.05) is 25.5 Å². The van der Waals surface area contributed by atoms with E-state index < -0.39 is 10.0 Å². The molecule has 102 valence electrons. The molecule has 19 heavy (non-hydrogen) atoms. The van der Waals surface area contributed by atoms with Crippen LogP contribution < -0.4 is 4.72 Å². The zero-order chi connectivity index (χ0) is 13.7. The third-order valence-electron chi connectivity index (χ3n) is 2.38. The van der Waals surface area contributed by atoms with Crippen molar-refractivity contribution in [3.05, 3.63) is 36.9 Å². The van der Waals surface area contributed by atoms with Crippen LogP contribution in [0.5, 0.6) is 0 Å². The van der Waals surface area contributed by atoms with E-state index in [1.807, 2.05) is 0 Å². The van der Waals surface area contributed by atoms with Crippen molar-refractivity contribution in [2.45, 2.75) is 17.9 Å². The van der Waals surface area contributed by atoms with Gasteiger partial charge in [-0.05, 0) is 18.6 Å². The normalized spacial score (nSPS) is 11.4. The van der Waals surface area contributed by atoms with Crippen molar-refractivity contribution in [1.29, 1.82) is 0 Å². The lowest BCUT2D eigenvalue weighted by molar-refractivity contribution is 0.277. The monoisotopic (exact) mass is 282 g/mol. The summed E-state index contributed by atoms with van der Waals surface area (Å²) in [5.74, 6) is 0.